The molecular formula is C31H35Cl2F2N3O3. The summed E-state index contributed by atoms with van der Waals surface area (Å²) in [5, 5.41) is 26.5. The first-order valence-corrected chi connectivity index (χ1v) is 14.6. The number of carboxylic acids is 1. The van der Waals surface area contributed by atoms with Crippen LogP contribution in [-0.2, 0) is 15.0 Å². The Morgan fingerprint density at radius 2 is 1.83 bits per heavy atom. The zero-order valence-corrected chi connectivity index (χ0v) is 24.8. The van der Waals surface area contributed by atoms with Gasteiger partial charge in [0.05, 0.1) is 23.1 Å². The van der Waals surface area contributed by atoms with Gasteiger partial charge in [0.25, 0.3) is 0 Å². The van der Waals surface area contributed by atoms with Crippen LogP contribution < -0.4 is 10.6 Å². The number of carboxylic acid groups (broad SMARTS) is 1. The van der Waals surface area contributed by atoms with Crippen LogP contribution in [0.3, 0.4) is 0 Å². The first-order chi connectivity index (χ1) is 19.3. The smallest absolute Gasteiger partial charge is 0.306 e. The molecule has 2 aromatic carbocycles. The van der Waals surface area contributed by atoms with Crippen molar-refractivity contribution in [3.63, 3.8) is 0 Å². The SMILES string of the molecule is CC(C)(C)CC1NC(C(=O)NCC2CCC(C(=O)O)CC2)C(c2cccc(Cl)c2F)C1(C#N)c1ccc(Cl)cc1F. The molecule has 0 bridgehead atoms. The number of halogens is 4. The van der Waals surface area contributed by atoms with E-state index >= 15 is 8.78 Å². The van der Waals surface area contributed by atoms with E-state index in [4.69, 9.17) is 23.2 Å². The number of rotatable bonds is 7. The summed E-state index contributed by atoms with van der Waals surface area (Å²) in [5.41, 5.74) is -1.96. The maximum atomic E-state index is 15.7. The molecule has 3 N–H and O–H groups in total. The highest BCUT2D eigenvalue weighted by Crippen LogP contribution is 2.52. The Morgan fingerprint density at radius 1 is 1.15 bits per heavy atom. The molecule has 1 saturated carbocycles. The number of amides is 1. The van der Waals surface area contributed by atoms with Crippen LogP contribution >= 0.6 is 23.2 Å². The Kier molecular flexibility index (Phi) is 9.32. The summed E-state index contributed by atoms with van der Waals surface area (Å²) >= 11 is 12.2. The molecule has 2 fully saturated rings. The third-order valence-corrected chi connectivity index (χ3v) is 9.02. The number of benzene rings is 2. The molecule has 0 aromatic heterocycles. The normalized spacial score (nSPS) is 28.2. The van der Waals surface area contributed by atoms with E-state index in [1.54, 1.807) is 6.07 Å². The minimum atomic E-state index is -1.69. The van der Waals surface area contributed by atoms with E-state index in [2.05, 4.69) is 16.7 Å². The third kappa shape index (κ3) is 6.38. The maximum Gasteiger partial charge on any atom is 0.306 e. The van der Waals surface area contributed by atoms with E-state index in [-0.39, 0.29) is 38.4 Å². The van der Waals surface area contributed by atoms with Gasteiger partial charge >= 0.3 is 5.97 Å². The molecule has 1 amide bonds. The number of hydrogen-bond donors (Lipinski definition) is 3. The largest absolute Gasteiger partial charge is 0.481 e. The number of aliphatic carboxylic acids is 1. The van der Waals surface area contributed by atoms with E-state index in [0.717, 1.165) is 6.07 Å². The van der Waals surface area contributed by atoms with Gasteiger partial charge in [-0.2, -0.15) is 5.26 Å². The molecule has 4 unspecified atom stereocenters. The summed E-state index contributed by atoms with van der Waals surface area (Å²) in [6.45, 7) is 6.24. The molecule has 4 atom stereocenters. The van der Waals surface area contributed by atoms with Gasteiger partial charge in [0, 0.05) is 29.1 Å². The minimum absolute atomic E-state index is 0.0258. The molecule has 0 radical (unpaired) electrons. The fraction of sp³-hybridized carbons (Fsp3) is 0.516. The van der Waals surface area contributed by atoms with Gasteiger partial charge in [-0.05, 0) is 67.2 Å². The van der Waals surface area contributed by atoms with Crippen molar-refractivity contribution in [3.05, 3.63) is 69.2 Å². The molecule has 1 saturated heterocycles. The van der Waals surface area contributed by atoms with Gasteiger partial charge in [0.2, 0.25) is 5.91 Å². The lowest BCUT2D eigenvalue weighted by molar-refractivity contribution is -0.143. The van der Waals surface area contributed by atoms with E-state index in [1.807, 2.05) is 20.8 Å². The first kappa shape index (κ1) is 31.2. The van der Waals surface area contributed by atoms with Gasteiger partial charge in [-0.25, -0.2) is 8.78 Å². The number of carbonyl (C=O) groups excluding carboxylic acids is 1. The van der Waals surface area contributed by atoms with Crippen molar-refractivity contribution in [2.24, 2.45) is 17.3 Å². The molecule has 1 aliphatic carbocycles. The molecule has 10 heteroatoms. The van der Waals surface area contributed by atoms with Crippen LogP contribution in [0.15, 0.2) is 36.4 Å². The van der Waals surface area contributed by atoms with Gasteiger partial charge in [-0.1, -0.05) is 62.2 Å². The Balaban J connectivity index is 1.78. The van der Waals surface area contributed by atoms with E-state index < -0.39 is 46.9 Å². The second-order valence-electron chi connectivity index (χ2n) is 12.5. The molecule has 1 heterocycles. The van der Waals surface area contributed by atoms with E-state index in [0.29, 0.717) is 38.6 Å². The zero-order chi connectivity index (χ0) is 30.1. The van der Waals surface area contributed by atoms with Crippen LogP contribution in [0.25, 0.3) is 0 Å². The highest BCUT2D eigenvalue weighted by atomic mass is 35.5. The van der Waals surface area contributed by atoms with Gasteiger partial charge in [-0.3, -0.25) is 9.59 Å². The van der Waals surface area contributed by atoms with Gasteiger partial charge in [0.15, 0.2) is 0 Å². The fourth-order valence-electron chi connectivity index (χ4n) is 6.53. The molecule has 41 heavy (non-hydrogen) atoms. The Labute approximate surface area is 249 Å². The fourth-order valence-corrected chi connectivity index (χ4v) is 6.87. The van der Waals surface area contributed by atoms with Crippen molar-refractivity contribution in [2.75, 3.05) is 6.54 Å². The molecule has 4 rings (SSSR count). The van der Waals surface area contributed by atoms with Gasteiger partial charge in [-0.15, -0.1) is 0 Å². The van der Waals surface area contributed by atoms with Crippen LogP contribution in [0.2, 0.25) is 10.0 Å². The summed E-state index contributed by atoms with van der Waals surface area (Å²) < 4.78 is 31.4. The third-order valence-electron chi connectivity index (χ3n) is 8.49. The van der Waals surface area contributed by atoms with Crippen LogP contribution in [0.1, 0.15) is 69.9 Å². The average Bonchev–Trinajstić information content (AvgIpc) is 3.22. The van der Waals surface area contributed by atoms with Crippen molar-refractivity contribution >= 4 is 35.1 Å². The number of nitrogens with one attached hydrogen (secondary N) is 2. The Bertz CT molecular complexity index is 1350. The predicted octanol–water partition coefficient (Wildman–Crippen LogP) is 6.60. The quantitative estimate of drug-likeness (QED) is 0.330. The number of hydrogen-bond acceptors (Lipinski definition) is 4. The van der Waals surface area contributed by atoms with Gasteiger partial charge < -0.3 is 15.7 Å². The molecule has 220 valence electrons. The summed E-state index contributed by atoms with van der Waals surface area (Å²) in [5.74, 6) is -4.15. The van der Waals surface area contributed by atoms with E-state index in [1.165, 1.54) is 24.3 Å². The summed E-state index contributed by atoms with van der Waals surface area (Å²) in [4.78, 5) is 25.2. The van der Waals surface area contributed by atoms with Crippen LogP contribution in [0, 0.1) is 40.2 Å². The monoisotopic (exact) mass is 605 g/mol. The summed E-state index contributed by atoms with van der Waals surface area (Å²) in [6, 6.07) is 8.99. The lowest BCUT2D eigenvalue weighted by atomic mass is 9.62. The van der Waals surface area contributed by atoms with Crippen molar-refractivity contribution < 1.29 is 23.5 Å². The maximum absolute atomic E-state index is 15.7. The highest BCUT2D eigenvalue weighted by molar-refractivity contribution is 6.31. The van der Waals surface area contributed by atoms with Crippen LogP contribution in [-0.4, -0.2) is 35.6 Å². The second-order valence-corrected chi connectivity index (χ2v) is 13.3. The molecular weight excluding hydrogens is 571 g/mol. The predicted molar refractivity (Wildman–Crippen MR) is 154 cm³/mol. The Morgan fingerprint density at radius 3 is 2.41 bits per heavy atom. The topological polar surface area (TPSA) is 102 Å². The van der Waals surface area contributed by atoms with Crippen molar-refractivity contribution in [1.82, 2.24) is 10.6 Å². The number of nitrogens with zero attached hydrogens (tertiary/aromatic N) is 1. The molecule has 1 aliphatic heterocycles. The number of carbonyl (C=O) groups is 2. The van der Waals surface area contributed by atoms with E-state index in [9.17, 15) is 20.0 Å². The molecule has 6 nitrogen and oxygen atoms in total. The molecule has 0 spiro atoms. The standard InChI is InChI=1S/C31H35Cl2F2N3O3/c1-30(2,3)14-24-31(16-36,21-12-11-19(32)13-23(21)34)25(20-5-4-6-22(33)26(20)35)27(38-24)28(39)37-15-17-7-9-18(10-8-17)29(40)41/h4-6,11-13,17-18,24-25,27,38H,7-10,14-15H2,1-3H3,(H,37,39)(H,40,41). The van der Waals surface area contributed by atoms with Crippen molar-refractivity contribution in [2.45, 2.75) is 76.3 Å². The lowest BCUT2D eigenvalue weighted by Crippen LogP contribution is -2.47. The zero-order valence-electron chi connectivity index (χ0n) is 23.3. The molecule has 2 aliphatic rings. The minimum Gasteiger partial charge on any atom is -0.481 e. The average molecular weight is 607 g/mol. The summed E-state index contributed by atoms with van der Waals surface area (Å²) in [7, 11) is 0. The van der Waals surface area contributed by atoms with Crippen molar-refractivity contribution in [3.8, 4) is 6.07 Å². The van der Waals surface area contributed by atoms with Crippen LogP contribution in [0.5, 0.6) is 0 Å². The molecule has 2 aromatic rings. The highest BCUT2D eigenvalue weighted by Gasteiger charge is 2.61. The van der Waals surface area contributed by atoms with Crippen LogP contribution in [0.4, 0.5) is 8.78 Å². The lowest BCUT2D eigenvalue weighted by Gasteiger charge is -2.37. The summed E-state index contributed by atoms with van der Waals surface area (Å²) in [6.07, 6.45) is 2.77. The van der Waals surface area contributed by atoms with Gasteiger partial charge in [0.1, 0.15) is 17.0 Å². The second kappa shape index (κ2) is 12.2. The van der Waals surface area contributed by atoms with Crippen molar-refractivity contribution in [1.29, 1.82) is 5.26 Å². The Hall–Kier alpha value is -2.73. The first-order valence-electron chi connectivity index (χ1n) is 13.9. The number of nitriles is 1.